The minimum Gasteiger partial charge on any atom is -0.496 e. The Morgan fingerprint density at radius 3 is 2.39 bits per heavy atom. The lowest BCUT2D eigenvalue weighted by Gasteiger charge is -2.12. The highest BCUT2D eigenvalue weighted by atomic mass is 16.5. The van der Waals surface area contributed by atoms with Crippen LogP contribution in [0.4, 0.5) is 5.69 Å². The predicted octanol–water partition coefficient (Wildman–Crippen LogP) is 3.92. The zero-order valence-corrected chi connectivity index (χ0v) is 16.3. The quantitative estimate of drug-likeness (QED) is 0.648. The number of anilines is 1. The van der Waals surface area contributed by atoms with E-state index in [2.05, 4.69) is 15.5 Å². The van der Waals surface area contributed by atoms with E-state index >= 15 is 0 Å². The number of ether oxygens (including phenoxy) is 3. The van der Waals surface area contributed by atoms with E-state index in [1.807, 2.05) is 31.2 Å². The van der Waals surface area contributed by atoms with Gasteiger partial charge in [0.1, 0.15) is 11.4 Å². The topological polar surface area (TPSA) is 85.5 Å². The van der Waals surface area contributed by atoms with Crippen LogP contribution in [-0.2, 0) is 6.42 Å². The molecule has 28 heavy (non-hydrogen) atoms. The van der Waals surface area contributed by atoms with Crippen LogP contribution in [0, 0.1) is 0 Å². The SMILES string of the molecule is CCc1[nH]nc(-c2ccccc2OC)c1NC(=O)c1ccc(OC)c(OC)c1. The van der Waals surface area contributed by atoms with Gasteiger partial charge in [0.05, 0.1) is 32.7 Å². The molecule has 7 heteroatoms. The van der Waals surface area contributed by atoms with E-state index in [4.69, 9.17) is 14.2 Å². The fourth-order valence-electron chi connectivity index (χ4n) is 2.97. The molecule has 0 spiro atoms. The van der Waals surface area contributed by atoms with Gasteiger partial charge in [0.2, 0.25) is 0 Å². The van der Waals surface area contributed by atoms with Crippen molar-refractivity contribution in [2.45, 2.75) is 13.3 Å². The molecule has 0 fully saturated rings. The Labute approximate surface area is 163 Å². The van der Waals surface area contributed by atoms with Crippen molar-refractivity contribution in [1.29, 1.82) is 0 Å². The fourth-order valence-corrected chi connectivity index (χ4v) is 2.97. The summed E-state index contributed by atoms with van der Waals surface area (Å²) in [6.45, 7) is 1.99. The molecule has 1 amide bonds. The summed E-state index contributed by atoms with van der Waals surface area (Å²) in [7, 11) is 4.69. The Morgan fingerprint density at radius 1 is 1.00 bits per heavy atom. The van der Waals surface area contributed by atoms with Gasteiger partial charge in [0.15, 0.2) is 11.5 Å². The van der Waals surface area contributed by atoms with E-state index in [0.29, 0.717) is 40.6 Å². The number of nitrogens with zero attached hydrogens (tertiary/aromatic N) is 1. The van der Waals surface area contributed by atoms with Gasteiger partial charge >= 0.3 is 0 Å². The average molecular weight is 381 g/mol. The van der Waals surface area contributed by atoms with Crippen LogP contribution in [0.5, 0.6) is 17.2 Å². The third-order valence-corrected chi connectivity index (χ3v) is 4.44. The highest BCUT2D eigenvalue weighted by molar-refractivity contribution is 6.07. The van der Waals surface area contributed by atoms with Gasteiger partial charge in [-0.2, -0.15) is 5.10 Å². The third kappa shape index (κ3) is 3.64. The Kier molecular flexibility index (Phi) is 5.84. The number of benzene rings is 2. The van der Waals surface area contributed by atoms with Crippen molar-refractivity contribution in [3.8, 4) is 28.5 Å². The summed E-state index contributed by atoms with van der Waals surface area (Å²) in [5.41, 5.74) is 3.33. The Hall–Kier alpha value is -3.48. The molecule has 3 rings (SSSR count). The number of aryl methyl sites for hydroxylation is 1. The normalized spacial score (nSPS) is 10.4. The Bertz CT molecular complexity index is 982. The lowest BCUT2D eigenvalue weighted by Crippen LogP contribution is -2.13. The smallest absolute Gasteiger partial charge is 0.255 e. The van der Waals surface area contributed by atoms with E-state index in [1.165, 1.54) is 7.11 Å². The van der Waals surface area contributed by atoms with Gasteiger partial charge in [-0.3, -0.25) is 9.89 Å². The standard InChI is InChI=1S/C21H23N3O4/c1-5-15-20(19(24-23-15)14-8-6-7-9-16(14)26-2)22-21(25)13-10-11-17(27-3)18(12-13)28-4/h6-12H,5H2,1-4H3,(H,22,25)(H,23,24). The molecule has 1 aromatic heterocycles. The monoisotopic (exact) mass is 381 g/mol. The van der Waals surface area contributed by atoms with Crippen LogP contribution in [0.3, 0.4) is 0 Å². The Balaban J connectivity index is 1.98. The number of methoxy groups -OCH3 is 3. The maximum absolute atomic E-state index is 12.9. The molecule has 0 atom stereocenters. The summed E-state index contributed by atoms with van der Waals surface area (Å²) in [5, 5.41) is 10.4. The lowest BCUT2D eigenvalue weighted by atomic mass is 10.1. The first-order valence-electron chi connectivity index (χ1n) is 8.86. The molecule has 0 aliphatic rings. The number of rotatable bonds is 7. The number of hydrogen-bond donors (Lipinski definition) is 2. The van der Waals surface area contributed by atoms with Gasteiger partial charge in [0.25, 0.3) is 5.91 Å². The second-order valence-electron chi connectivity index (χ2n) is 6.00. The van der Waals surface area contributed by atoms with Crippen LogP contribution in [0.15, 0.2) is 42.5 Å². The van der Waals surface area contributed by atoms with Gasteiger partial charge in [-0.25, -0.2) is 0 Å². The molecule has 3 aromatic rings. The van der Waals surface area contributed by atoms with Gasteiger partial charge < -0.3 is 19.5 Å². The van der Waals surface area contributed by atoms with Gasteiger partial charge in [0, 0.05) is 11.1 Å². The van der Waals surface area contributed by atoms with Crippen molar-refractivity contribution in [3.05, 3.63) is 53.7 Å². The summed E-state index contributed by atoms with van der Waals surface area (Å²) < 4.78 is 16.0. The van der Waals surface area contributed by atoms with Crippen LogP contribution in [0.1, 0.15) is 23.0 Å². The van der Waals surface area contributed by atoms with E-state index in [9.17, 15) is 4.79 Å². The van der Waals surface area contributed by atoms with Crippen LogP contribution in [0.25, 0.3) is 11.3 Å². The zero-order valence-electron chi connectivity index (χ0n) is 16.3. The maximum atomic E-state index is 12.9. The van der Waals surface area contributed by atoms with Crippen LogP contribution >= 0.6 is 0 Å². The van der Waals surface area contributed by atoms with Crippen LogP contribution in [0.2, 0.25) is 0 Å². The number of nitrogens with one attached hydrogen (secondary N) is 2. The van der Waals surface area contributed by atoms with Crippen molar-refractivity contribution in [2.75, 3.05) is 26.6 Å². The van der Waals surface area contributed by atoms with Crippen molar-refractivity contribution < 1.29 is 19.0 Å². The van der Waals surface area contributed by atoms with Gasteiger partial charge in [-0.1, -0.05) is 19.1 Å². The third-order valence-electron chi connectivity index (χ3n) is 4.44. The molecule has 0 saturated heterocycles. The summed E-state index contributed by atoms with van der Waals surface area (Å²) in [6.07, 6.45) is 0.684. The van der Waals surface area contributed by atoms with Gasteiger partial charge in [-0.15, -0.1) is 0 Å². The second-order valence-corrected chi connectivity index (χ2v) is 6.00. The molecule has 0 aliphatic carbocycles. The molecule has 0 radical (unpaired) electrons. The summed E-state index contributed by atoms with van der Waals surface area (Å²) >= 11 is 0. The molecule has 7 nitrogen and oxygen atoms in total. The Morgan fingerprint density at radius 2 is 1.71 bits per heavy atom. The first-order valence-corrected chi connectivity index (χ1v) is 8.86. The summed E-state index contributed by atoms with van der Waals surface area (Å²) in [5.74, 6) is 1.46. The molecule has 0 saturated carbocycles. The minimum absolute atomic E-state index is 0.270. The molecular weight excluding hydrogens is 358 g/mol. The molecule has 146 valence electrons. The predicted molar refractivity (Wildman–Crippen MR) is 107 cm³/mol. The highest BCUT2D eigenvalue weighted by Crippen LogP contribution is 2.36. The molecule has 2 aromatic carbocycles. The first-order chi connectivity index (χ1) is 13.6. The number of carbonyl (C=O) groups excluding carboxylic acids is 1. The molecule has 0 bridgehead atoms. The number of para-hydroxylation sites is 1. The summed E-state index contributed by atoms with van der Waals surface area (Å²) in [4.78, 5) is 12.9. The number of carbonyl (C=O) groups is 1. The highest BCUT2D eigenvalue weighted by Gasteiger charge is 2.20. The van der Waals surface area contributed by atoms with Crippen molar-refractivity contribution in [3.63, 3.8) is 0 Å². The first kappa shape index (κ1) is 19.3. The van der Waals surface area contributed by atoms with E-state index < -0.39 is 0 Å². The zero-order chi connectivity index (χ0) is 20.1. The van der Waals surface area contributed by atoms with E-state index in [0.717, 1.165) is 11.3 Å². The molecule has 0 unspecified atom stereocenters. The number of hydrogen-bond acceptors (Lipinski definition) is 5. The number of aromatic nitrogens is 2. The van der Waals surface area contributed by atoms with E-state index in [-0.39, 0.29) is 5.91 Å². The average Bonchev–Trinajstić information content (AvgIpc) is 3.15. The number of aromatic amines is 1. The number of H-pyrrole nitrogens is 1. The lowest BCUT2D eigenvalue weighted by molar-refractivity contribution is 0.102. The minimum atomic E-state index is -0.270. The molecule has 1 heterocycles. The molecule has 2 N–H and O–H groups in total. The van der Waals surface area contributed by atoms with Gasteiger partial charge in [-0.05, 0) is 36.8 Å². The largest absolute Gasteiger partial charge is 0.496 e. The van der Waals surface area contributed by atoms with Crippen molar-refractivity contribution >= 4 is 11.6 Å². The second kappa shape index (κ2) is 8.47. The fraction of sp³-hybridized carbons (Fsp3) is 0.238. The molecular formula is C21H23N3O4. The van der Waals surface area contributed by atoms with Crippen molar-refractivity contribution in [1.82, 2.24) is 10.2 Å². The number of amides is 1. The summed E-state index contributed by atoms with van der Waals surface area (Å²) in [6, 6.07) is 12.6. The van der Waals surface area contributed by atoms with Crippen LogP contribution in [-0.4, -0.2) is 37.4 Å². The maximum Gasteiger partial charge on any atom is 0.255 e. The van der Waals surface area contributed by atoms with E-state index in [1.54, 1.807) is 32.4 Å². The molecule has 0 aliphatic heterocycles. The van der Waals surface area contributed by atoms with Crippen LogP contribution < -0.4 is 19.5 Å². The van der Waals surface area contributed by atoms with Crippen molar-refractivity contribution in [2.24, 2.45) is 0 Å².